The summed E-state index contributed by atoms with van der Waals surface area (Å²) in [7, 11) is 0. The summed E-state index contributed by atoms with van der Waals surface area (Å²) in [5.41, 5.74) is 0.161. The lowest BCUT2D eigenvalue weighted by molar-refractivity contribution is 0.111. The highest BCUT2D eigenvalue weighted by molar-refractivity contribution is 14.1. The molecule has 0 saturated heterocycles. The Morgan fingerprint density at radius 1 is 1.62 bits per heavy atom. The normalized spacial score (nSPS) is 10.5. The van der Waals surface area contributed by atoms with Crippen LogP contribution >= 0.6 is 22.6 Å². The minimum absolute atomic E-state index is 0.0708. The average Bonchev–Trinajstić information content (AvgIpc) is 2.03. The van der Waals surface area contributed by atoms with Gasteiger partial charge in [-0.3, -0.25) is 4.79 Å². The zero-order valence-electron chi connectivity index (χ0n) is 6.72. The Balaban J connectivity index is 3.30. The van der Waals surface area contributed by atoms with Crippen molar-refractivity contribution in [1.29, 1.82) is 0 Å². The molecule has 5 heteroatoms. The van der Waals surface area contributed by atoms with Crippen LogP contribution in [0.5, 0.6) is 0 Å². The highest BCUT2D eigenvalue weighted by atomic mass is 127. The minimum atomic E-state index is -2.63. The van der Waals surface area contributed by atoms with Crippen molar-refractivity contribution < 1.29 is 13.6 Å². The van der Waals surface area contributed by atoms with Crippen LogP contribution in [0.2, 0.25) is 0 Å². The molecule has 2 nitrogen and oxygen atoms in total. The van der Waals surface area contributed by atoms with Crippen LogP contribution in [-0.2, 0) is 0 Å². The average molecular weight is 297 g/mol. The standard InChI is InChI=1S/C8H6F2INO/c1-4-2-5(11)6(3-13)12-7(4)8(9)10/h2-3,8H,1H3. The molecule has 0 N–H and O–H groups in total. The summed E-state index contributed by atoms with van der Waals surface area (Å²) >= 11 is 1.89. The zero-order chi connectivity index (χ0) is 10.0. The van der Waals surface area contributed by atoms with Crippen LogP contribution in [0.3, 0.4) is 0 Å². The van der Waals surface area contributed by atoms with E-state index in [0.29, 0.717) is 15.4 Å². The van der Waals surface area contributed by atoms with Gasteiger partial charge in [0.2, 0.25) is 0 Å². The number of hydrogen-bond donors (Lipinski definition) is 0. The van der Waals surface area contributed by atoms with Gasteiger partial charge in [-0.05, 0) is 41.1 Å². The summed E-state index contributed by atoms with van der Waals surface area (Å²) in [6, 6.07) is 1.53. The monoisotopic (exact) mass is 297 g/mol. The van der Waals surface area contributed by atoms with Crippen LogP contribution in [0.1, 0.15) is 28.2 Å². The molecule has 0 aliphatic rings. The summed E-state index contributed by atoms with van der Waals surface area (Å²) < 4.78 is 25.2. The van der Waals surface area contributed by atoms with Crippen LogP contribution < -0.4 is 0 Å². The predicted octanol–water partition coefficient (Wildman–Crippen LogP) is 2.74. The number of carbonyl (C=O) groups is 1. The van der Waals surface area contributed by atoms with E-state index < -0.39 is 6.43 Å². The molecule has 1 rings (SSSR count). The van der Waals surface area contributed by atoms with Crippen molar-refractivity contribution in [1.82, 2.24) is 4.98 Å². The lowest BCUT2D eigenvalue weighted by Crippen LogP contribution is -2.01. The molecule has 1 aromatic heterocycles. The fourth-order valence-electron chi connectivity index (χ4n) is 0.913. The quantitative estimate of drug-likeness (QED) is 0.620. The molecule has 0 aliphatic carbocycles. The Morgan fingerprint density at radius 3 is 2.69 bits per heavy atom. The summed E-state index contributed by atoms with van der Waals surface area (Å²) in [5.74, 6) is 0. The molecular weight excluding hydrogens is 291 g/mol. The van der Waals surface area contributed by atoms with Crippen LogP contribution in [0.15, 0.2) is 6.07 Å². The van der Waals surface area contributed by atoms with E-state index in [1.165, 1.54) is 6.07 Å². The molecule has 0 fully saturated rings. The summed E-state index contributed by atoms with van der Waals surface area (Å²) in [4.78, 5) is 14.0. The van der Waals surface area contributed by atoms with E-state index in [4.69, 9.17) is 0 Å². The van der Waals surface area contributed by atoms with Crippen molar-refractivity contribution in [2.45, 2.75) is 13.3 Å². The first-order valence-corrected chi connectivity index (χ1v) is 4.54. The van der Waals surface area contributed by atoms with Gasteiger partial charge in [-0.15, -0.1) is 0 Å². The number of alkyl halides is 2. The van der Waals surface area contributed by atoms with E-state index in [1.807, 2.05) is 22.6 Å². The topological polar surface area (TPSA) is 30.0 Å². The fourth-order valence-corrected chi connectivity index (χ4v) is 1.63. The molecule has 0 radical (unpaired) electrons. The number of carbonyl (C=O) groups excluding carboxylic acids is 1. The van der Waals surface area contributed by atoms with Gasteiger partial charge in [-0.1, -0.05) is 0 Å². The van der Waals surface area contributed by atoms with Gasteiger partial charge in [-0.2, -0.15) is 0 Å². The molecule has 0 aliphatic heterocycles. The van der Waals surface area contributed by atoms with Gasteiger partial charge in [0, 0.05) is 3.57 Å². The van der Waals surface area contributed by atoms with E-state index in [1.54, 1.807) is 6.92 Å². The molecule has 0 aromatic carbocycles. The highest BCUT2D eigenvalue weighted by Crippen LogP contribution is 2.22. The van der Waals surface area contributed by atoms with Crippen molar-refractivity contribution in [2.24, 2.45) is 0 Å². The number of rotatable bonds is 2. The van der Waals surface area contributed by atoms with Gasteiger partial charge in [0.05, 0.1) is 0 Å². The van der Waals surface area contributed by atoms with Crippen molar-refractivity contribution in [2.75, 3.05) is 0 Å². The van der Waals surface area contributed by atoms with Crippen LogP contribution in [0.4, 0.5) is 8.78 Å². The number of aldehydes is 1. The third-order valence-corrected chi connectivity index (χ3v) is 2.42. The lowest BCUT2D eigenvalue weighted by atomic mass is 10.2. The number of pyridine rings is 1. The molecule has 1 aromatic rings. The first kappa shape index (κ1) is 10.5. The van der Waals surface area contributed by atoms with Gasteiger partial charge in [0.1, 0.15) is 11.4 Å². The molecule has 0 amide bonds. The van der Waals surface area contributed by atoms with E-state index >= 15 is 0 Å². The number of nitrogens with zero attached hydrogens (tertiary/aromatic N) is 1. The molecule has 0 atom stereocenters. The number of aryl methyl sites for hydroxylation is 1. The van der Waals surface area contributed by atoms with Gasteiger partial charge in [0.25, 0.3) is 6.43 Å². The molecule has 0 spiro atoms. The maximum atomic E-state index is 12.3. The van der Waals surface area contributed by atoms with Crippen molar-refractivity contribution in [3.8, 4) is 0 Å². The van der Waals surface area contributed by atoms with Crippen molar-refractivity contribution in [3.63, 3.8) is 0 Å². The predicted molar refractivity (Wildman–Crippen MR) is 52.0 cm³/mol. The Labute approximate surface area is 87.5 Å². The molecule has 0 unspecified atom stereocenters. The SMILES string of the molecule is Cc1cc(I)c(C=O)nc1C(F)F. The first-order chi connectivity index (χ1) is 6.06. The fraction of sp³-hybridized carbons (Fsp3) is 0.250. The van der Waals surface area contributed by atoms with E-state index in [0.717, 1.165) is 0 Å². The second kappa shape index (κ2) is 4.08. The summed E-state index contributed by atoms with van der Waals surface area (Å²) in [5, 5.41) is 0. The number of halogens is 3. The van der Waals surface area contributed by atoms with E-state index in [-0.39, 0.29) is 11.4 Å². The molecule has 1 heterocycles. The third-order valence-electron chi connectivity index (χ3n) is 1.55. The molecule has 13 heavy (non-hydrogen) atoms. The van der Waals surface area contributed by atoms with Crippen LogP contribution in [0.25, 0.3) is 0 Å². The van der Waals surface area contributed by atoms with Crippen molar-refractivity contribution in [3.05, 3.63) is 26.6 Å². The van der Waals surface area contributed by atoms with Crippen molar-refractivity contribution >= 4 is 28.9 Å². The molecule has 0 bridgehead atoms. The summed E-state index contributed by atoms with van der Waals surface area (Å²) in [6.45, 7) is 1.55. The molecule has 0 saturated carbocycles. The first-order valence-electron chi connectivity index (χ1n) is 3.46. The Bertz CT molecular complexity index is 341. The zero-order valence-corrected chi connectivity index (χ0v) is 8.88. The maximum absolute atomic E-state index is 12.3. The Kier molecular flexibility index (Phi) is 3.29. The minimum Gasteiger partial charge on any atom is -0.296 e. The van der Waals surface area contributed by atoms with Crippen LogP contribution in [-0.4, -0.2) is 11.3 Å². The molecule has 70 valence electrons. The van der Waals surface area contributed by atoms with Gasteiger partial charge in [-0.25, -0.2) is 13.8 Å². The van der Waals surface area contributed by atoms with Gasteiger partial charge in [0.15, 0.2) is 6.29 Å². The van der Waals surface area contributed by atoms with Gasteiger partial charge >= 0.3 is 0 Å². The van der Waals surface area contributed by atoms with E-state index in [2.05, 4.69) is 4.98 Å². The Morgan fingerprint density at radius 2 is 2.23 bits per heavy atom. The number of aromatic nitrogens is 1. The van der Waals surface area contributed by atoms with Crippen LogP contribution in [0, 0.1) is 10.5 Å². The summed E-state index contributed by atoms with van der Waals surface area (Å²) in [6.07, 6.45) is -2.15. The highest BCUT2D eigenvalue weighted by Gasteiger charge is 2.14. The smallest absolute Gasteiger partial charge is 0.280 e. The third kappa shape index (κ3) is 2.20. The largest absolute Gasteiger partial charge is 0.296 e. The lowest BCUT2D eigenvalue weighted by Gasteiger charge is -2.05. The van der Waals surface area contributed by atoms with Gasteiger partial charge < -0.3 is 0 Å². The second-order valence-electron chi connectivity index (χ2n) is 2.48. The second-order valence-corrected chi connectivity index (χ2v) is 3.64. The molecular formula is C8H6F2INO. The number of hydrogen-bond acceptors (Lipinski definition) is 2. The Hall–Kier alpha value is -0.590. The maximum Gasteiger partial charge on any atom is 0.280 e. The van der Waals surface area contributed by atoms with E-state index in [9.17, 15) is 13.6 Å².